The highest BCUT2D eigenvalue weighted by Crippen LogP contribution is 1.87. The number of nitrogens with zero attached hydrogens (tertiary/aromatic N) is 2. The van der Waals surface area contributed by atoms with Gasteiger partial charge in [-0.2, -0.15) is 10.5 Å². The highest BCUT2D eigenvalue weighted by molar-refractivity contribution is 5.24. The van der Waals surface area contributed by atoms with Crippen LogP contribution in [0, 0.1) is 22.7 Å². The van der Waals surface area contributed by atoms with E-state index in [-0.39, 0.29) is 0 Å². The molecule has 0 fully saturated rings. The molecule has 0 aromatic heterocycles. The highest BCUT2D eigenvalue weighted by atomic mass is 14.2. The molecule has 0 unspecified atom stereocenters. The predicted molar refractivity (Wildman–Crippen MR) is 34.1 cm³/mol. The van der Waals surface area contributed by atoms with Gasteiger partial charge in [-0.1, -0.05) is 6.08 Å². The molecule has 0 spiro atoms. The van der Waals surface area contributed by atoms with Crippen molar-refractivity contribution in [3.05, 3.63) is 23.8 Å². The molecule has 0 atom stereocenters. The van der Waals surface area contributed by atoms with Gasteiger partial charge in [0.25, 0.3) is 0 Å². The van der Waals surface area contributed by atoms with Gasteiger partial charge < -0.3 is 0 Å². The minimum absolute atomic E-state index is 0.599. The van der Waals surface area contributed by atoms with Crippen LogP contribution in [0.3, 0.4) is 0 Å². The summed E-state index contributed by atoms with van der Waals surface area (Å²) in [6, 6.07) is 3.74. The molecule has 0 bridgehead atoms. The number of rotatable bonds is 1. The van der Waals surface area contributed by atoms with E-state index in [0.717, 1.165) is 0 Å². The fourth-order valence-electron chi connectivity index (χ4n) is 0.273. The maximum Gasteiger partial charge on any atom is 0.0944 e. The summed E-state index contributed by atoms with van der Waals surface area (Å²) in [6.07, 6.45) is 4.45. The molecule has 0 saturated heterocycles. The number of hydrogen-bond acceptors (Lipinski definition) is 2. The van der Waals surface area contributed by atoms with Crippen LogP contribution in [0.2, 0.25) is 0 Å². The molecule has 0 aliphatic heterocycles. The fraction of sp³-hybridized carbons (Fsp3) is 0.143. The summed E-state index contributed by atoms with van der Waals surface area (Å²) in [5, 5.41) is 16.2. The SMILES string of the molecule is C/C(C#N)=C\C=C\C#N. The summed E-state index contributed by atoms with van der Waals surface area (Å²) in [6.45, 7) is 1.68. The summed E-state index contributed by atoms with van der Waals surface area (Å²) in [5.41, 5.74) is 0.599. The van der Waals surface area contributed by atoms with Gasteiger partial charge in [-0.05, 0) is 13.0 Å². The van der Waals surface area contributed by atoms with E-state index < -0.39 is 0 Å². The Balaban J connectivity index is 3.91. The summed E-state index contributed by atoms with van der Waals surface area (Å²) in [4.78, 5) is 0. The lowest BCUT2D eigenvalue weighted by Crippen LogP contribution is -1.62. The zero-order valence-corrected chi connectivity index (χ0v) is 5.13. The first-order chi connectivity index (χ1) is 4.31. The molecule has 0 amide bonds. The predicted octanol–water partition coefficient (Wildman–Crippen LogP) is 1.54. The van der Waals surface area contributed by atoms with Crippen LogP contribution in [0.15, 0.2) is 23.8 Å². The van der Waals surface area contributed by atoms with Crippen molar-refractivity contribution in [3.63, 3.8) is 0 Å². The maximum atomic E-state index is 8.20. The molecule has 0 saturated carbocycles. The Morgan fingerprint density at radius 3 is 2.56 bits per heavy atom. The molecule has 0 aliphatic carbocycles. The second-order valence-corrected chi connectivity index (χ2v) is 1.45. The summed E-state index contributed by atoms with van der Waals surface area (Å²) >= 11 is 0. The van der Waals surface area contributed by atoms with E-state index >= 15 is 0 Å². The van der Waals surface area contributed by atoms with Gasteiger partial charge in [0.1, 0.15) is 0 Å². The lowest BCUT2D eigenvalue weighted by molar-refractivity contribution is 1.44. The molecular weight excluding hydrogens is 112 g/mol. The summed E-state index contributed by atoms with van der Waals surface area (Å²) < 4.78 is 0. The topological polar surface area (TPSA) is 47.6 Å². The van der Waals surface area contributed by atoms with Gasteiger partial charge in [-0.25, -0.2) is 0 Å². The van der Waals surface area contributed by atoms with Crippen molar-refractivity contribution < 1.29 is 0 Å². The van der Waals surface area contributed by atoms with Crippen LogP contribution in [0.25, 0.3) is 0 Å². The van der Waals surface area contributed by atoms with E-state index in [4.69, 9.17) is 10.5 Å². The molecule has 0 radical (unpaired) electrons. The minimum atomic E-state index is 0.599. The minimum Gasteiger partial charge on any atom is -0.193 e. The first-order valence-corrected chi connectivity index (χ1v) is 2.44. The van der Waals surface area contributed by atoms with Crippen molar-refractivity contribution in [2.75, 3.05) is 0 Å². The zero-order chi connectivity index (χ0) is 7.11. The van der Waals surface area contributed by atoms with Crippen LogP contribution in [0.5, 0.6) is 0 Å². The molecule has 2 nitrogen and oxygen atoms in total. The van der Waals surface area contributed by atoms with E-state index in [1.165, 1.54) is 6.08 Å². The third-order valence-electron chi connectivity index (χ3n) is 0.693. The number of hydrogen-bond donors (Lipinski definition) is 0. The van der Waals surface area contributed by atoms with Crippen molar-refractivity contribution in [1.82, 2.24) is 0 Å². The van der Waals surface area contributed by atoms with Gasteiger partial charge in [0.2, 0.25) is 0 Å². The Morgan fingerprint density at radius 1 is 1.44 bits per heavy atom. The Bertz CT molecular complexity index is 210. The third-order valence-corrected chi connectivity index (χ3v) is 0.693. The van der Waals surface area contributed by atoms with Gasteiger partial charge in [0.05, 0.1) is 12.1 Å². The van der Waals surface area contributed by atoms with Crippen LogP contribution >= 0.6 is 0 Å². The Hall–Kier alpha value is -1.54. The van der Waals surface area contributed by atoms with E-state index in [0.29, 0.717) is 5.57 Å². The number of allylic oxidation sites excluding steroid dienone is 4. The lowest BCUT2D eigenvalue weighted by atomic mass is 10.3. The lowest BCUT2D eigenvalue weighted by Gasteiger charge is -1.74. The van der Waals surface area contributed by atoms with Crippen molar-refractivity contribution in [2.45, 2.75) is 6.92 Å². The van der Waals surface area contributed by atoms with Crippen LogP contribution in [0.4, 0.5) is 0 Å². The van der Waals surface area contributed by atoms with Crippen LogP contribution in [0.1, 0.15) is 6.92 Å². The molecular formula is C7H6N2. The molecule has 44 valence electrons. The van der Waals surface area contributed by atoms with Gasteiger partial charge in [-0.15, -0.1) is 0 Å². The Kier molecular flexibility index (Phi) is 3.83. The first-order valence-electron chi connectivity index (χ1n) is 2.44. The average molecular weight is 118 g/mol. The second kappa shape index (κ2) is 4.61. The molecule has 0 aliphatic rings. The van der Waals surface area contributed by atoms with Crippen molar-refractivity contribution in [1.29, 1.82) is 10.5 Å². The normalized spacial score (nSPS) is 10.8. The molecule has 0 heterocycles. The first kappa shape index (κ1) is 7.46. The Labute approximate surface area is 54.3 Å². The van der Waals surface area contributed by atoms with E-state index in [9.17, 15) is 0 Å². The van der Waals surface area contributed by atoms with E-state index in [1.54, 1.807) is 19.1 Å². The average Bonchev–Trinajstić information content (AvgIpc) is 1.89. The third kappa shape index (κ3) is 4.31. The van der Waals surface area contributed by atoms with Crippen molar-refractivity contribution in [3.8, 4) is 12.1 Å². The molecule has 9 heavy (non-hydrogen) atoms. The van der Waals surface area contributed by atoms with Gasteiger partial charge in [-0.3, -0.25) is 0 Å². The van der Waals surface area contributed by atoms with Crippen LogP contribution in [-0.2, 0) is 0 Å². The summed E-state index contributed by atoms with van der Waals surface area (Å²) in [7, 11) is 0. The second-order valence-electron chi connectivity index (χ2n) is 1.45. The van der Waals surface area contributed by atoms with Gasteiger partial charge >= 0.3 is 0 Å². The molecule has 0 aromatic rings. The standard InChI is InChI=1S/C7H6N2/c1-7(6-9)4-2-3-5-8/h2-4H,1H3/b3-2+,7-4+. The van der Waals surface area contributed by atoms with Crippen LogP contribution < -0.4 is 0 Å². The fourth-order valence-corrected chi connectivity index (χ4v) is 0.273. The largest absolute Gasteiger partial charge is 0.193 e. The number of nitriles is 2. The zero-order valence-electron chi connectivity index (χ0n) is 5.13. The van der Waals surface area contributed by atoms with E-state index in [2.05, 4.69) is 0 Å². The van der Waals surface area contributed by atoms with Gasteiger partial charge in [0.15, 0.2) is 0 Å². The quantitative estimate of drug-likeness (QED) is 0.387. The van der Waals surface area contributed by atoms with Crippen molar-refractivity contribution in [2.24, 2.45) is 0 Å². The van der Waals surface area contributed by atoms with Gasteiger partial charge in [0, 0.05) is 11.6 Å². The molecule has 0 N–H and O–H groups in total. The van der Waals surface area contributed by atoms with Crippen molar-refractivity contribution >= 4 is 0 Å². The molecule has 2 heteroatoms. The monoisotopic (exact) mass is 118 g/mol. The highest BCUT2D eigenvalue weighted by Gasteiger charge is 1.75. The van der Waals surface area contributed by atoms with E-state index in [1.807, 2.05) is 12.1 Å². The summed E-state index contributed by atoms with van der Waals surface area (Å²) in [5.74, 6) is 0. The molecule has 0 rings (SSSR count). The Morgan fingerprint density at radius 2 is 2.11 bits per heavy atom. The van der Waals surface area contributed by atoms with Crippen LogP contribution in [-0.4, -0.2) is 0 Å². The smallest absolute Gasteiger partial charge is 0.0944 e. The maximum absolute atomic E-state index is 8.20. The molecule has 0 aromatic carbocycles.